The van der Waals surface area contributed by atoms with Crippen LogP contribution in [0.25, 0.3) is 0 Å². The number of rotatable bonds is 6. The number of aliphatic carboxylic acids is 1. The molecule has 0 spiro atoms. The molecule has 0 saturated heterocycles. The van der Waals surface area contributed by atoms with Crippen molar-refractivity contribution in [2.75, 3.05) is 18.9 Å². The van der Waals surface area contributed by atoms with Crippen molar-refractivity contribution in [3.05, 3.63) is 30.1 Å². The van der Waals surface area contributed by atoms with Gasteiger partial charge in [-0.05, 0) is 32.2 Å². The van der Waals surface area contributed by atoms with Crippen LogP contribution in [0, 0.1) is 5.82 Å². The lowest BCUT2D eigenvalue weighted by atomic mass is 10.2. The molecule has 0 fully saturated rings. The molecular weight excluding hydrogens is 287 g/mol. The molecule has 0 aliphatic rings. The highest BCUT2D eigenvalue weighted by atomic mass is 35.5. The maximum absolute atomic E-state index is 13.0. The first-order chi connectivity index (χ1) is 8.90. The molecule has 1 rings (SSSR count). The Labute approximate surface area is 123 Å². The van der Waals surface area contributed by atoms with Gasteiger partial charge in [-0.15, -0.1) is 12.4 Å². The molecule has 1 amide bonds. The first-order valence-electron chi connectivity index (χ1n) is 5.88. The molecule has 1 aromatic carbocycles. The van der Waals surface area contributed by atoms with Gasteiger partial charge in [0.2, 0.25) is 5.91 Å². The van der Waals surface area contributed by atoms with E-state index in [0.29, 0.717) is 5.69 Å². The Morgan fingerprint density at radius 3 is 2.65 bits per heavy atom. The number of benzene rings is 1. The van der Waals surface area contributed by atoms with E-state index < -0.39 is 17.8 Å². The zero-order valence-electron chi connectivity index (χ0n) is 11.3. The summed E-state index contributed by atoms with van der Waals surface area (Å²) in [6, 6.07) is 5.11. The van der Waals surface area contributed by atoms with Crippen molar-refractivity contribution in [3.8, 4) is 0 Å². The van der Waals surface area contributed by atoms with Crippen LogP contribution in [0.1, 0.15) is 13.3 Å². The Morgan fingerprint density at radius 2 is 2.10 bits per heavy atom. The van der Waals surface area contributed by atoms with Crippen molar-refractivity contribution in [2.45, 2.75) is 19.4 Å². The molecule has 1 atom stereocenters. The summed E-state index contributed by atoms with van der Waals surface area (Å²) in [7, 11) is 1.67. The van der Waals surface area contributed by atoms with Gasteiger partial charge in [0.25, 0.3) is 0 Å². The second-order valence-corrected chi connectivity index (χ2v) is 4.30. The topological polar surface area (TPSA) is 69.6 Å². The fourth-order valence-corrected chi connectivity index (χ4v) is 1.48. The van der Waals surface area contributed by atoms with Crippen molar-refractivity contribution >= 4 is 30.0 Å². The standard InChI is InChI=1S/C13H17FN2O3.ClH/c1-9(16(2)7-6-12(17)18)13(19)15-11-5-3-4-10(14)8-11;/h3-5,8-9H,6-7H2,1-2H3,(H,15,19)(H,17,18);1H. The van der Waals surface area contributed by atoms with Gasteiger partial charge in [0.15, 0.2) is 0 Å². The summed E-state index contributed by atoms with van der Waals surface area (Å²) in [5.74, 6) is -1.65. The average molecular weight is 305 g/mol. The summed E-state index contributed by atoms with van der Waals surface area (Å²) in [5, 5.41) is 11.2. The number of hydrogen-bond acceptors (Lipinski definition) is 3. The monoisotopic (exact) mass is 304 g/mol. The van der Waals surface area contributed by atoms with Gasteiger partial charge in [-0.2, -0.15) is 0 Å². The molecular formula is C13H18ClFN2O3. The minimum atomic E-state index is -0.912. The van der Waals surface area contributed by atoms with Crippen LogP contribution in [-0.2, 0) is 9.59 Å². The summed E-state index contributed by atoms with van der Waals surface area (Å²) >= 11 is 0. The van der Waals surface area contributed by atoms with E-state index in [1.54, 1.807) is 24.9 Å². The number of carboxylic acids is 1. The molecule has 0 aliphatic carbocycles. The maximum Gasteiger partial charge on any atom is 0.304 e. The molecule has 0 heterocycles. The molecule has 20 heavy (non-hydrogen) atoms. The van der Waals surface area contributed by atoms with Gasteiger partial charge >= 0.3 is 5.97 Å². The Kier molecular flexibility index (Phi) is 7.79. The van der Waals surface area contributed by atoms with Crippen molar-refractivity contribution < 1.29 is 19.1 Å². The van der Waals surface area contributed by atoms with Crippen molar-refractivity contribution in [3.63, 3.8) is 0 Å². The second kappa shape index (κ2) is 8.50. The van der Waals surface area contributed by atoms with Crippen LogP contribution in [0.4, 0.5) is 10.1 Å². The number of likely N-dealkylation sites (N-methyl/N-ethyl adjacent to an activating group) is 1. The third-order valence-electron chi connectivity index (χ3n) is 2.81. The van der Waals surface area contributed by atoms with Gasteiger partial charge in [0.1, 0.15) is 5.82 Å². The van der Waals surface area contributed by atoms with Gasteiger partial charge in [-0.25, -0.2) is 4.39 Å². The van der Waals surface area contributed by atoms with E-state index in [1.807, 2.05) is 0 Å². The molecule has 1 aromatic rings. The Bertz CT molecular complexity index is 471. The number of hydrogen-bond donors (Lipinski definition) is 2. The average Bonchev–Trinajstić information content (AvgIpc) is 2.34. The smallest absolute Gasteiger partial charge is 0.304 e. The summed E-state index contributed by atoms with van der Waals surface area (Å²) in [6.07, 6.45) is -0.0336. The molecule has 0 aromatic heterocycles. The zero-order valence-corrected chi connectivity index (χ0v) is 12.1. The van der Waals surface area contributed by atoms with Crippen LogP contribution < -0.4 is 5.32 Å². The van der Waals surface area contributed by atoms with Gasteiger partial charge in [-0.1, -0.05) is 6.07 Å². The van der Waals surface area contributed by atoms with Crippen molar-refractivity contribution in [1.29, 1.82) is 0 Å². The summed E-state index contributed by atoms with van der Waals surface area (Å²) in [5.41, 5.74) is 0.378. The van der Waals surface area contributed by atoms with E-state index >= 15 is 0 Å². The van der Waals surface area contributed by atoms with Crippen LogP contribution >= 0.6 is 12.4 Å². The molecule has 0 aliphatic heterocycles. The van der Waals surface area contributed by atoms with Crippen LogP contribution in [0.3, 0.4) is 0 Å². The predicted octanol–water partition coefficient (Wildman–Crippen LogP) is 1.98. The number of halogens is 2. The fraction of sp³-hybridized carbons (Fsp3) is 0.385. The van der Waals surface area contributed by atoms with Gasteiger partial charge in [0.05, 0.1) is 12.5 Å². The first kappa shape index (κ1) is 18.3. The van der Waals surface area contributed by atoms with E-state index in [4.69, 9.17) is 5.11 Å². The number of anilines is 1. The minimum absolute atomic E-state index is 0. The number of carbonyl (C=O) groups is 2. The van der Waals surface area contributed by atoms with Crippen LogP contribution in [0.5, 0.6) is 0 Å². The molecule has 7 heteroatoms. The summed E-state index contributed by atoms with van der Waals surface area (Å²) < 4.78 is 13.0. The number of amides is 1. The quantitative estimate of drug-likeness (QED) is 0.843. The van der Waals surface area contributed by atoms with Crippen LogP contribution in [0.15, 0.2) is 24.3 Å². The molecule has 0 saturated carbocycles. The van der Waals surface area contributed by atoms with Gasteiger partial charge in [-0.3, -0.25) is 14.5 Å². The number of carbonyl (C=O) groups excluding carboxylic acids is 1. The number of nitrogens with one attached hydrogen (secondary N) is 1. The Morgan fingerprint density at radius 1 is 1.45 bits per heavy atom. The third kappa shape index (κ3) is 5.99. The molecule has 0 radical (unpaired) electrons. The molecule has 5 nitrogen and oxygen atoms in total. The maximum atomic E-state index is 13.0. The van der Waals surface area contributed by atoms with E-state index in [9.17, 15) is 14.0 Å². The summed E-state index contributed by atoms with van der Waals surface area (Å²) in [4.78, 5) is 24.0. The highest BCUT2D eigenvalue weighted by Gasteiger charge is 2.18. The molecule has 112 valence electrons. The summed E-state index contributed by atoms with van der Waals surface area (Å²) in [6.45, 7) is 1.93. The van der Waals surface area contributed by atoms with Gasteiger partial charge < -0.3 is 10.4 Å². The van der Waals surface area contributed by atoms with E-state index in [1.165, 1.54) is 18.2 Å². The number of nitrogens with zero attached hydrogens (tertiary/aromatic N) is 1. The highest BCUT2D eigenvalue weighted by molar-refractivity contribution is 5.94. The molecule has 0 bridgehead atoms. The van der Waals surface area contributed by atoms with E-state index in [2.05, 4.69) is 5.32 Å². The largest absolute Gasteiger partial charge is 0.481 e. The Balaban J connectivity index is 0.00000361. The van der Waals surface area contributed by atoms with E-state index in [0.717, 1.165) is 0 Å². The normalized spacial score (nSPS) is 11.6. The first-order valence-corrected chi connectivity index (χ1v) is 5.88. The molecule has 2 N–H and O–H groups in total. The van der Waals surface area contributed by atoms with E-state index in [-0.39, 0.29) is 31.3 Å². The van der Waals surface area contributed by atoms with Crippen molar-refractivity contribution in [2.24, 2.45) is 0 Å². The van der Waals surface area contributed by atoms with Gasteiger partial charge in [0, 0.05) is 12.2 Å². The second-order valence-electron chi connectivity index (χ2n) is 4.30. The Hall–Kier alpha value is -1.66. The van der Waals surface area contributed by atoms with Crippen molar-refractivity contribution in [1.82, 2.24) is 4.90 Å². The minimum Gasteiger partial charge on any atom is -0.481 e. The lowest BCUT2D eigenvalue weighted by molar-refractivity contribution is -0.137. The SMILES string of the molecule is CC(C(=O)Nc1cccc(F)c1)N(C)CCC(=O)O.Cl. The third-order valence-corrected chi connectivity index (χ3v) is 2.81. The lowest BCUT2D eigenvalue weighted by Crippen LogP contribution is -2.40. The fourth-order valence-electron chi connectivity index (χ4n) is 1.48. The van der Waals surface area contributed by atoms with Crippen LogP contribution in [-0.4, -0.2) is 41.5 Å². The lowest BCUT2D eigenvalue weighted by Gasteiger charge is -2.23. The zero-order chi connectivity index (χ0) is 14.4. The van der Waals surface area contributed by atoms with Crippen LogP contribution in [0.2, 0.25) is 0 Å². The highest BCUT2D eigenvalue weighted by Crippen LogP contribution is 2.10. The number of carboxylic acid groups (broad SMARTS) is 1. The predicted molar refractivity (Wildman–Crippen MR) is 76.6 cm³/mol. The molecule has 1 unspecified atom stereocenters.